The molecule has 1 N–H and O–H groups in total. The first-order valence-electron chi connectivity index (χ1n) is 6.47. The molecule has 0 radical (unpaired) electrons. The first-order valence-corrected chi connectivity index (χ1v) is 6.47. The second-order valence-electron chi connectivity index (χ2n) is 4.92. The molecule has 1 rings (SSSR count). The van der Waals surface area contributed by atoms with Crippen LogP contribution < -0.4 is 5.32 Å². The van der Waals surface area contributed by atoms with Crippen molar-refractivity contribution in [3.63, 3.8) is 0 Å². The fourth-order valence-corrected chi connectivity index (χ4v) is 1.79. The van der Waals surface area contributed by atoms with Gasteiger partial charge in [-0.3, -0.25) is 9.59 Å². The normalized spacial score (nSPS) is 10.3. The van der Waals surface area contributed by atoms with E-state index in [0.717, 1.165) is 12.1 Å². The highest BCUT2D eigenvalue weighted by Crippen LogP contribution is 2.14. The first kappa shape index (κ1) is 15.2. The van der Waals surface area contributed by atoms with E-state index >= 15 is 0 Å². The fraction of sp³-hybridized carbons (Fsp3) is 0.467. The molecule has 0 atom stereocenters. The van der Waals surface area contributed by atoms with Gasteiger partial charge in [0.2, 0.25) is 5.91 Å². The van der Waals surface area contributed by atoms with E-state index < -0.39 is 0 Å². The van der Waals surface area contributed by atoms with Gasteiger partial charge in [-0.25, -0.2) is 0 Å². The molecule has 0 bridgehead atoms. The van der Waals surface area contributed by atoms with Gasteiger partial charge in [-0.05, 0) is 30.0 Å². The van der Waals surface area contributed by atoms with Gasteiger partial charge in [-0.2, -0.15) is 0 Å². The van der Waals surface area contributed by atoms with Crippen LogP contribution in [0.4, 0.5) is 5.69 Å². The molecule has 0 spiro atoms. The lowest BCUT2D eigenvalue weighted by Crippen LogP contribution is -2.14. The maximum Gasteiger partial charge on any atom is 0.306 e. The number of hydrogen-bond acceptors (Lipinski definition) is 3. The summed E-state index contributed by atoms with van der Waals surface area (Å²) in [5.74, 6) is 0.0288. The van der Waals surface area contributed by atoms with Crippen LogP contribution in [0.2, 0.25) is 0 Å². The summed E-state index contributed by atoms with van der Waals surface area (Å²) in [7, 11) is 1.32. The Kier molecular flexibility index (Phi) is 6.06. The average molecular weight is 263 g/mol. The number of esters is 1. The van der Waals surface area contributed by atoms with E-state index in [1.165, 1.54) is 12.7 Å². The lowest BCUT2D eigenvalue weighted by molar-refractivity contribution is -0.141. The Bertz CT molecular complexity index is 441. The summed E-state index contributed by atoms with van der Waals surface area (Å²) in [6.45, 7) is 4.31. The molecule has 1 aromatic carbocycles. The second-order valence-corrected chi connectivity index (χ2v) is 4.92. The lowest BCUT2D eigenvalue weighted by Gasteiger charge is -2.09. The second kappa shape index (κ2) is 7.56. The molecule has 0 heterocycles. The van der Waals surface area contributed by atoms with Gasteiger partial charge >= 0.3 is 5.97 Å². The van der Waals surface area contributed by atoms with Gasteiger partial charge in [0, 0.05) is 12.1 Å². The molecule has 0 aliphatic heterocycles. The summed E-state index contributed by atoms with van der Waals surface area (Å²) in [4.78, 5) is 22.6. The van der Waals surface area contributed by atoms with Crippen LogP contribution in [0.1, 0.15) is 32.3 Å². The molecular formula is C15H21NO3. The molecule has 1 amide bonds. The minimum Gasteiger partial charge on any atom is -0.469 e. The smallest absolute Gasteiger partial charge is 0.306 e. The third-order valence-corrected chi connectivity index (χ3v) is 2.64. The molecule has 0 aliphatic carbocycles. The van der Waals surface area contributed by atoms with Gasteiger partial charge in [-0.15, -0.1) is 0 Å². The molecule has 0 aromatic heterocycles. The van der Waals surface area contributed by atoms with Crippen molar-refractivity contribution >= 4 is 17.6 Å². The van der Waals surface area contributed by atoms with Crippen molar-refractivity contribution in [1.29, 1.82) is 0 Å². The van der Waals surface area contributed by atoms with Crippen LogP contribution >= 0.6 is 0 Å². The zero-order valence-electron chi connectivity index (χ0n) is 11.7. The number of nitrogens with one attached hydrogen (secondary N) is 1. The van der Waals surface area contributed by atoms with E-state index in [9.17, 15) is 9.59 Å². The number of hydrogen-bond donors (Lipinski definition) is 1. The van der Waals surface area contributed by atoms with E-state index in [1.54, 1.807) is 0 Å². The van der Waals surface area contributed by atoms with Crippen molar-refractivity contribution in [3.05, 3.63) is 29.8 Å². The third-order valence-electron chi connectivity index (χ3n) is 2.64. The van der Waals surface area contributed by atoms with E-state index in [2.05, 4.69) is 23.9 Å². The van der Waals surface area contributed by atoms with Crippen LogP contribution in [-0.4, -0.2) is 19.0 Å². The number of anilines is 1. The van der Waals surface area contributed by atoms with Gasteiger partial charge in [-0.1, -0.05) is 26.0 Å². The van der Waals surface area contributed by atoms with Crippen molar-refractivity contribution in [2.45, 2.75) is 33.1 Å². The van der Waals surface area contributed by atoms with Gasteiger partial charge in [0.15, 0.2) is 0 Å². The van der Waals surface area contributed by atoms with E-state index in [-0.39, 0.29) is 24.7 Å². The summed E-state index contributed by atoms with van der Waals surface area (Å²) in [5, 5.41) is 2.79. The third kappa shape index (κ3) is 6.04. The maximum absolute atomic E-state index is 11.6. The number of amides is 1. The molecule has 4 heteroatoms. The van der Waals surface area contributed by atoms with Gasteiger partial charge < -0.3 is 10.1 Å². The summed E-state index contributed by atoms with van der Waals surface area (Å²) in [6, 6.07) is 7.79. The fourth-order valence-electron chi connectivity index (χ4n) is 1.79. The van der Waals surface area contributed by atoms with Gasteiger partial charge in [0.25, 0.3) is 0 Å². The van der Waals surface area contributed by atoms with E-state index in [0.29, 0.717) is 5.92 Å². The molecule has 0 saturated heterocycles. The Balaban J connectivity index is 2.52. The predicted molar refractivity (Wildman–Crippen MR) is 74.9 cm³/mol. The number of benzene rings is 1. The van der Waals surface area contributed by atoms with Crippen molar-refractivity contribution in [3.8, 4) is 0 Å². The minimum absolute atomic E-state index is 0.105. The molecule has 0 aliphatic rings. The zero-order chi connectivity index (χ0) is 14.3. The largest absolute Gasteiger partial charge is 0.469 e. The van der Waals surface area contributed by atoms with Crippen LogP contribution in [0.3, 0.4) is 0 Å². The number of rotatable bonds is 6. The van der Waals surface area contributed by atoms with Crippen LogP contribution in [0, 0.1) is 5.92 Å². The van der Waals surface area contributed by atoms with Crippen LogP contribution in [-0.2, 0) is 20.7 Å². The Morgan fingerprint density at radius 2 is 2.00 bits per heavy atom. The molecule has 19 heavy (non-hydrogen) atoms. The molecule has 0 unspecified atom stereocenters. The molecular weight excluding hydrogens is 242 g/mol. The molecule has 0 saturated carbocycles. The number of methoxy groups -OCH3 is 1. The predicted octanol–water partition coefficient (Wildman–Crippen LogP) is 2.78. The quantitative estimate of drug-likeness (QED) is 0.803. The first-order chi connectivity index (χ1) is 9.01. The van der Waals surface area contributed by atoms with Gasteiger partial charge in [0.05, 0.1) is 13.5 Å². The zero-order valence-corrected chi connectivity index (χ0v) is 11.7. The number of carbonyl (C=O) groups excluding carboxylic acids is 2. The number of ether oxygens (including phenoxy) is 1. The molecule has 4 nitrogen and oxygen atoms in total. The van der Waals surface area contributed by atoms with Crippen molar-refractivity contribution in [1.82, 2.24) is 0 Å². The average Bonchev–Trinajstić information content (AvgIpc) is 2.35. The summed E-state index contributed by atoms with van der Waals surface area (Å²) in [5.41, 5.74) is 1.97. The highest BCUT2D eigenvalue weighted by Gasteiger charge is 2.07. The van der Waals surface area contributed by atoms with Crippen molar-refractivity contribution in [2.24, 2.45) is 5.92 Å². The minimum atomic E-state index is -0.372. The SMILES string of the molecule is COC(=O)CCC(=O)Nc1cccc(CC(C)C)c1. The summed E-state index contributed by atoms with van der Waals surface area (Å²) in [6.07, 6.45) is 1.22. The number of carbonyl (C=O) groups is 2. The van der Waals surface area contributed by atoms with Crippen molar-refractivity contribution < 1.29 is 14.3 Å². The van der Waals surface area contributed by atoms with Crippen LogP contribution in [0.15, 0.2) is 24.3 Å². The Hall–Kier alpha value is -1.84. The summed E-state index contributed by atoms with van der Waals surface area (Å²) >= 11 is 0. The van der Waals surface area contributed by atoms with E-state index in [1.807, 2.05) is 24.3 Å². The standard InChI is InChI=1S/C15H21NO3/c1-11(2)9-12-5-4-6-13(10-12)16-14(17)7-8-15(18)19-3/h4-6,10-11H,7-9H2,1-3H3,(H,16,17). The van der Waals surface area contributed by atoms with Crippen LogP contribution in [0.5, 0.6) is 0 Å². The molecule has 0 fully saturated rings. The van der Waals surface area contributed by atoms with Gasteiger partial charge in [0.1, 0.15) is 0 Å². The monoisotopic (exact) mass is 263 g/mol. The van der Waals surface area contributed by atoms with E-state index in [4.69, 9.17) is 0 Å². The Labute approximate surface area is 114 Å². The topological polar surface area (TPSA) is 55.4 Å². The Morgan fingerprint density at radius 3 is 2.63 bits per heavy atom. The molecule has 1 aromatic rings. The maximum atomic E-state index is 11.6. The van der Waals surface area contributed by atoms with Crippen LogP contribution in [0.25, 0.3) is 0 Å². The molecule has 104 valence electrons. The Morgan fingerprint density at radius 1 is 1.26 bits per heavy atom. The highest BCUT2D eigenvalue weighted by atomic mass is 16.5. The highest BCUT2D eigenvalue weighted by molar-refractivity contribution is 5.92. The van der Waals surface area contributed by atoms with Crippen molar-refractivity contribution in [2.75, 3.05) is 12.4 Å². The summed E-state index contributed by atoms with van der Waals surface area (Å²) < 4.78 is 4.49. The lowest BCUT2D eigenvalue weighted by atomic mass is 10.0.